The Balaban J connectivity index is 2.06. The lowest BCUT2D eigenvalue weighted by atomic mass is 10.1. The van der Waals surface area contributed by atoms with Gasteiger partial charge >= 0.3 is 0 Å². The Kier molecular flexibility index (Phi) is 5.51. The Labute approximate surface area is 130 Å². The number of hydrogen-bond acceptors (Lipinski definition) is 4. The number of carbonyl (C=O) groups excluding carboxylic acids is 2. The molecule has 1 aromatic rings. The topological polar surface area (TPSA) is 79.5 Å². The van der Waals surface area contributed by atoms with Crippen molar-refractivity contribution >= 4 is 23.2 Å². The monoisotopic (exact) mass is 305 g/mol. The van der Waals surface area contributed by atoms with Gasteiger partial charge in [-0.1, -0.05) is 19.9 Å². The van der Waals surface area contributed by atoms with Crippen LogP contribution in [0.1, 0.15) is 19.4 Å². The van der Waals surface area contributed by atoms with Gasteiger partial charge in [0.15, 0.2) is 0 Å². The number of rotatable bonds is 4. The average molecular weight is 305 g/mol. The summed E-state index contributed by atoms with van der Waals surface area (Å²) in [6.45, 7) is 7.37. The van der Waals surface area contributed by atoms with Gasteiger partial charge in [-0.3, -0.25) is 9.59 Å². The van der Waals surface area contributed by atoms with Gasteiger partial charge in [-0.05, 0) is 24.6 Å². The summed E-state index contributed by atoms with van der Waals surface area (Å²) in [7, 11) is 0. The van der Waals surface area contributed by atoms with Crippen molar-refractivity contribution in [3.8, 4) is 0 Å². The molecular formula is C16H23N3O3. The van der Waals surface area contributed by atoms with Crippen molar-refractivity contribution in [1.82, 2.24) is 5.32 Å². The number of morpholine rings is 1. The summed E-state index contributed by atoms with van der Waals surface area (Å²) in [4.78, 5) is 23.9. The normalized spacial score (nSPS) is 18.1. The molecule has 0 saturated carbocycles. The molecule has 0 radical (unpaired) electrons. The third kappa shape index (κ3) is 4.29. The number of aryl methyl sites for hydroxylation is 1. The number of hydrogen-bond donors (Lipinski definition) is 3. The highest BCUT2D eigenvalue weighted by atomic mass is 16.5. The second-order valence-corrected chi connectivity index (χ2v) is 5.73. The fraction of sp³-hybridized carbons (Fsp3) is 0.500. The van der Waals surface area contributed by atoms with E-state index in [0.717, 1.165) is 12.1 Å². The second-order valence-electron chi connectivity index (χ2n) is 5.73. The first-order valence-corrected chi connectivity index (χ1v) is 7.52. The molecule has 1 atom stereocenters. The number of amides is 2. The first kappa shape index (κ1) is 16.5. The van der Waals surface area contributed by atoms with Gasteiger partial charge in [-0.15, -0.1) is 0 Å². The lowest BCUT2D eigenvalue weighted by molar-refractivity contribution is -0.128. The molecule has 2 amide bonds. The molecule has 2 rings (SSSR count). The van der Waals surface area contributed by atoms with Crippen molar-refractivity contribution in [2.24, 2.45) is 5.92 Å². The zero-order valence-electron chi connectivity index (χ0n) is 13.2. The van der Waals surface area contributed by atoms with Crippen LogP contribution in [-0.4, -0.2) is 37.6 Å². The van der Waals surface area contributed by atoms with E-state index < -0.39 is 6.10 Å². The number of carbonyl (C=O) groups is 2. The van der Waals surface area contributed by atoms with Gasteiger partial charge in [0.1, 0.15) is 6.10 Å². The maximum atomic E-state index is 12.2. The molecule has 1 unspecified atom stereocenters. The van der Waals surface area contributed by atoms with Crippen LogP contribution in [0, 0.1) is 12.8 Å². The molecule has 1 aliphatic rings. The van der Waals surface area contributed by atoms with Crippen LogP contribution in [0.4, 0.5) is 11.4 Å². The van der Waals surface area contributed by atoms with E-state index in [1.54, 1.807) is 6.07 Å². The minimum Gasteiger partial charge on any atom is -0.366 e. The first-order chi connectivity index (χ1) is 10.5. The Bertz CT molecular complexity index is 552. The smallest absolute Gasteiger partial charge is 0.254 e. The maximum Gasteiger partial charge on any atom is 0.254 e. The molecule has 3 N–H and O–H groups in total. The summed E-state index contributed by atoms with van der Waals surface area (Å²) in [5.41, 5.74) is 2.28. The van der Waals surface area contributed by atoms with E-state index >= 15 is 0 Å². The molecule has 6 heteroatoms. The summed E-state index contributed by atoms with van der Waals surface area (Å²) in [6, 6.07) is 5.46. The molecule has 1 aromatic carbocycles. The fourth-order valence-corrected chi connectivity index (χ4v) is 2.07. The van der Waals surface area contributed by atoms with E-state index in [9.17, 15) is 9.59 Å². The molecule has 0 bridgehead atoms. The molecule has 6 nitrogen and oxygen atoms in total. The fourth-order valence-electron chi connectivity index (χ4n) is 2.07. The second kappa shape index (κ2) is 7.38. The molecule has 1 aliphatic heterocycles. The van der Waals surface area contributed by atoms with Crippen LogP contribution in [0.3, 0.4) is 0 Å². The number of ether oxygens (including phenoxy) is 1. The molecule has 0 spiro atoms. The SMILES string of the molecule is Cc1ccc(NC(=O)C(C)C)cc1NC(=O)C1CNCCO1. The van der Waals surface area contributed by atoms with Gasteiger partial charge in [0.2, 0.25) is 5.91 Å². The van der Waals surface area contributed by atoms with E-state index in [0.29, 0.717) is 24.5 Å². The molecule has 0 aromatic heterocycles. The predicted octanol–water partition coefficient (Wildman–Crippen LogP) is 1.52. The summed E-state index contributed by atoms with van der Waals surface area (Å²) >= 11 is 0. The zero-order chi connectivity index (χ0) is 16.1. The third-order valence-corrected chi connectivity index (χ3v) is 3.51. The van der Waals surface area contributed by atoms with Crippen LogP contribution >= 0.6 is 0 Å². The first-order valence-electron chi connectivity index (χ1n) is 7.52. The summed E-state index contributed by atoms with van der Waals surface area (Å²) in [6.07, 6.45) is -0.484. The lowest BCUT2D eigenvalue weighted by Gasteiger charge is -2.23. The Morgan fingerprint density at radius 1 is 1.32 bits per heavy atom. The molecule has 1 heterocycles. The number of anilines is 2. The summed E-state index contributed by atoms with van der Waals surface area (Å²) in [5, 5.41) is 8.82. The van der Waals surface area contributed by atoms with Crippen molar-refractivity contribution in [3.05, 3.63) is 23.8 Å². The zero-order valence-corrected chi connectivity index (χ0v) is 13.2. The average Bonchev–Trinajstić information content (AvgIpc) is 2.51. The Hall–Kier alpha value is -1.92. The van der Waals surface area contributed by atoms with Gasteiger partial charge < -0.3 is 20.7 Å². The summed E-state index contributed by atoms with van der Waals surface area (Å²) in [5.74, 6) is -0.329. The van der Waals surface area contributed by atoms with Gasteiger partial charge in [0, 0.05) is 30.4 Å². The van der Waals surface area contributed by atoms with Crippen LogP contribution in [0.15, 0.2) is 18.2 Å². The van der Waals surface area contributed by atoms with Gasteiger partial charge in [-0.2, -0.15) is 0 Å². The molecule has 1 saturated heterocycles. The van der Waals surface area contributed by atoms with Crippen molar-refractivity contribution < 1.29 is 14.3 Å². The van der Waals surface area contributed by atoms with E-state index in [1.165, 1.54) is 0 Å². The highest BCUT2D eigenvalue weighted by Gasteiger charge is 2.22. The third-order valence-electron chi connectivity index (χ3n) is 3.51. The van der Waals surface area contributed by atoms with Crippen LogP contribution in [0.25, 0.3) is 0 Å². The van der Waals surface area contributed by atoms with E-state index in [-0.39, 0.29) is 17.7 Å². The van der Waals surface area contributed by atoms with Crippen LogP contribution in [0.2, 0.25) is 0 Å². The van der Waals surface area contributed by atoms with Crippen molar-refractivity contribution in [2.75, 3.05) is 30.3 Å². The van der Waals surface area contributed by atoms with Crippen LogP contribution < -0.4 is 16.0 Å². The molecule has 0 aliphatic carbocycles. The maximum absolute atomic E-state index is 12.2. The summed E-state index contributed by atoms with van der Waals surface area (Å²) < 4.78 is 5.43. The van der Waals surface area contributed by atoms with Crippen molar-refractivity contribution in [2.45, 2.75) is 26.9 Å². The predicted molar refractivity (Wildman–Crippen MR) is 85.9 cm³/mol. The standard InChI is InChI=1S/C16H23N3O3/c1-10(2)15(20)18-12-5-4-11(3)13(8-12)19-16(21)14-9-17-6-7-22-14/h4-5,8,10,14,17H,6-7,9H2,1-3H3,(H,18,20)(H,19,21). The Morgan fingerprint density at radius 2 is 2.09 bits per heavy atom. The largest absolute Gasteiger partial charge is 0.366 e. The highest BCUT2D eigenvalue weighted by molar-refractivity contribution is 5.97. The van der Waals surface area contributed by atoms with E-state index in [2.05, 4.69) is 16.0 Å². The quantitative estimate of drug-likeness (QED) is 0.788. The number of benzene rings is 1. The van der Waals surface area contributed by atoms with Crippen molar-refractivity contribution in [1.29, 1.82) is 0 Å². The molecule has 120 valence electrons. The highest BCUT2D eigenvalue weighted by Crippen LogP contribution is 2.21. The Morgan fingerprint density at radius 3 is 2.73 bits per heavy atom. The molecular weight excluding hydrogens is 282 g/mol. The van der Waals surface area contributed by atoms with Gasteiger partial charge in [0.25, 0.3) is 5.91 Å². The minimum atomic E-state index is -0.484. The van der Waals surface area contributed by atoms with Crippen LogP contribution in [-0.2, 0) is 14.3 Å². The molecule has 1 fully saturated rings. The van der Waals surface area contributed by atoms with E-state index in [1.807, 2.05) is 32.9 Å². The lowest BCUT2D eigenvalue weighted by Crippen LogP contribution is -2.45. The minimum absolute atomic E-state index is 0.0547. The molecule has 22 heavy (non-hydrogen) atoms. The number of nitrogens with one attached hydrogen (secondary N) is 3. The van der Waals surface area contributed by atoms with Crippen LogP contribution in [0.5, 0.6) is 0 Å². The van der Waals surface area contributed by atoms with E-state index in [4.69, 9.17) is 4.74 Å². The van der Waals surface area contributed by atoms with Crippen molar-refractivity contribution in [3.63, 3.8) is 0 Å². The van der Waals surface area contributed by atoms with Gasteiger partial charge in [0.05, 0.1) is 6.61 Å². The van der Waals surface area contributed by atoms with Gasteiger partial charge in [-0.25, -0.2) is 0 Å².